The van der Waals surface area contributed by atoms with Crippen LogP contribution in [0.2, 0.25) is 0 Å². The van der Waals surface area contributed by atoms with Gasteiger partial charge in [0.05, 0.1) is 57.6 Å². The van der Waals surface area contributed by atoms with Crippen molar-refractivity contribution in [1.82, 2.24) is 9.97 Å². The fourth-order valence-corrected chi connectivity index (χ4v) is 4.70. The van der Waals surface area contributed by atoms with Crippen LogP contribution in [-0.4, -0.2) is 76.9 Å². The molecule has 0 spiro atoms. The zero-order valence-electron chi connectivity index (χ0n) is 21.3. The highest BCUT2D eigenvalue weighted by molar-refractivity contribution is 5.40. The number of pyridine rings is 2. The molecule has 10 atom stereocenters. The fourth-order valence-electron chi connectivity index (χ4n) is 4.70. The van der Waals surface area contributed by atoms with E-state index in [1.54, 1.807) is 27.7 Å². The van der Waals surface area contributed by atoms with Crippen LogP contribution in [0.3, 0.4) is 0 Å². The summed E-state index contributed by atoms with van der Waals surface area (Å²) in [5.41, 5.74) is 0.445. The number of aliphatic hydroxyl groups is 4. The van der Waals surface area contributed by atoms with Crippen molar-refractivity contribution >= 4 is 11.4 Å². The summed E-state index contributed by atoms with van der Waals surface area (Å²) in [6, 6.07) is 3.02. The maximum atomic E-state index is 11.0. The lowest BCUT2D eigenvalue weighted by molar-refractivity contribution is -0.387. The molecule has 2 fully saturated rings. The Labute approximate surface area is 218 Å². The first-order chi connectivity index (χ1) is 17.9. The molecule has 0 radical (unpaired) electrons. The largest absolute Gasteiger partial charge is 0.390 e. The van der Waals surface area contributed by atoms with E-state index in [1.165, 1.54) is 24.5 Å². The van der Waals surface area contributed by atoms with Crippen LogP contribution in [0, 0.1) is 32.1 Å². The monoisotopic (exact) mass is 536 g/mol. The average molecular weight is 537 g/mol. The Morgan fingerprint density at radius 1 is 0.684 bits per heavy atom. The molecule has 2 aromatic rings. The molecule has 2 aromatic heterocycles. The normalized spacial score (nSPS) is 35.1. The molecule has 4 N–H and O–H groups in total. The fraction of sp³-hybridized carbons (Fsp3) is 0.583. The topological polar surface area (TPSA) is 211 Å². The van der Waals surface area contributed by atoms with Crippen LogP contribution in [0.25, 0.3) is 0 Å². The Balaban J connectivity index is 0.000000211. The molecule has 14 nitrogen and oxygen atoms in total. The molecular weight excluding hydrogens is 504 g/mol. The van der Waals surface area contributed by atoms with Gasteiger partial charge in [0.1, 0.15) is 24.6 Å². The second kappa shape index (κ2) is 12.1. The van der Waals surface area contributed by atoms with Gasteiger partial charge in [-0.3, -0.25) is 30.2 Å². The zero-order valence-corrected chi connectivity index (χ0v) is 21.3. The molecule has 4 rings (SSSR count). The number of aliphatic hydroxyl groups excluding tert-OH is 4. The van der Waals surface area contributed by atoms with Crippen LogP contribution in [0.4, 0.5) is 11.4 Å². The quantitative estimate of drug-likeness (QED) is 0.324. The van der Waals surface area contributed by atoms with E-state index in [-0.39, 0.29) is 11.4 Å². The van der Waals surface area contributed by atoms with Crippen LogP contribution >= 0.6 is 0 Å². The van der Waals surface area contributed by atoms with Crippen molar-refractivity contribution in [3.8, 4) is 0 Å². The van der Waals surface area contributed by atoms with Gasteiger partial charge in [0.25, 0.3) is 11.4 Å². The van der Waals surface area contributed by atoms with Crippen molar-refractivity contribution in [2.45, 2.75) is 76.5 Å². The number of ether oxygens (including phenoxy) is 2. The highest BCUT2D eigenvalue weighted by Crippen LogP contribution is 2.40. The minimum absolute atomic E-state index is 0.143. The number of rotatable bonds is 4. The first-order valence-corrected chi connectivity index (χ1v) is 12.1. The molecule has 208 valence electrons. The van der Waals surface area contributed by atoms with Crippen molar-refractivity contribution < 1.29 is 39.7 Å². The Morgan fingerprint density at radius 2 is 1.03 bits per heavy atom. The highest BCUT2D eigenvalue weighted by Gasteiger charge is 2.44. The minimum atomic E-state index is -0.993. The number of hydrogen-bond donors (Lipinski definition) is 4. The molecule has 2 aliphatic heterocycles. The van der Waals surface area contributed by atoms with Crippen molar-refractivity contribution in [3.63, 3.8) is 0 Å². The molecule has 14 heteroatoms. The van der Waals surface area contributed by atoms with E-state index < -0.39 is 70.5 Å². The molecule has 2 aliphatic rings. The third-order valence-corrected chi connectivity index (χ3v) is 7.09. The molecule has 0 unspecified atom stereocenters. The summed E-state index contributed by atoms with van der Waals surface area (Å²) in [5, 5.41) is 61.4. The highest BCUT2D eigenvalue weighted by atomic mass is 16.6. The molecular formula is C24H32N4O10. The molecule has 0 bridgehead atoms. The van der Waals surface area contributed by atoms with Crippen LogP contribution in [0.1, 0.15) is 51.0 Å². The summed E-state index contributed by atoms with van der Waals surface area (Å²) in [5.74, 6) is -0.903. The van der Waals surface area contributed by atoms with Gasteiger partial charge in [-0.2, -0.15) is 0 Å². The predicted molar refractivity (Wildman–Crippen MR) is 131 cm³/mol. The second-order valence-corrected chi connectivity index (χ2v) is 9.59. The Bertz CT molecular complexity index is 1050. The Kier molecular flexibility index (Phi) is 9.40. The van der Waals surface area contributed by atoms with Crippen molar-refractivity contribution in [1.29, 1.82) is 0 Å². The standard InChI is InChI=1S/2C12H16N2O5/c2*1-6-10(15)11(16)7(2)19-12(6)8-3-4-13-5-9(8)14(17)18/h2*3-7,10-12,15-16H,1-2H3/t6-,7+,10+,11+,12+;6-,7+,10+,11-,12+/m00/s1. The SMILES string of the molecule is C[C@H]1[C@@H](O)[C@@H](O)[C@@H](C)O[C@H]1c1ccncc1[N+](=O)[O-].C[C@H]1[C@@H](O)[C@H](O)[C@@H](C)O[C@H]1c1ccncc1[N+](=O)[O-]. The lowest BCUT2D eigenvalue weighted by Crippen LogP contribution is -2.49. The van der Waals surface area contributed by atoms with Gasteiger partial charge in [-0.25, -0.2) is 0 Å². The molecule has 4 heterocycles. The van der Waals surface area contributed by atoms with E-state index in [9.17, 15) is 40.7 Å². The predicted octanol–water partition coefficient (Wildman–Crippen LogP) is 1.61. The summed E-state index contributed by atoms with van der Waals surface area (Å²) in [6.07, 6.45) is -1.22. The third kappa shape index (κ3) is 5.95. The molecule has 0 saturated carbocycles. The van der Waals surface area contributed by atoms with Gasteiger partial charge in [0, 0.05) is 24.2 Å². The molecule has 0 aliphatic carbocycles. The Hall–Kier alpha value is -3.14. The van der Waals surface area contributed by atoms with Gasteiger partial charge in [-0.1, -0.05) is 13.8 Å². The third-order valence-electron chi connectivity index (χ3n) is 7.09. The summed E-state index contributed by atoms with van der Waals surface area (Å²) < 4.78 is 11.2. The Morgan fingerprint density at radius 3 is 1.34 bits per heavy atom. The maximum Gasteiger partial charge on any atom is 0.293 e. The summed E-state index contributed by atoms with van der Waals surface area (Å²) >= 11 is 0. The summed E-state index contributed by atoms with van der Waals surface area (Å²) in [4.78, 5) is 28.4. The molecule has 38 heavy (non-hydrogen) atoms. The lowest BCUT2D eigenvalue weighted by atomic mass is 9.85. The first-order valence-electron chi connectivity index (χ1n) is 12.1. The first kappa shape index (κ1) is 29.4. The van der Waals surface area contributed by atoms with Gasteiger partial charge < -0.3 is 29.9 Å². The van der Waals surface area contributed by atoms with E-state index in [0.29, 0.717) is 11.1 Å². The summed E-state index contributed by atoms with van der Waals surface area (Å²) in [7, 11) is 0. The van der Waals surface area contributed by atoms with E-state index in [1.807, 2.05) is 0 Å². The number of aromatic nitrogens is 2. The number of nitro groups is 2. The van der Waals surface area contributed by atoms with Gasteiger partial charge in [0.2, 0.25) is 0 Å². The van der Waals surface area contributed by atoms with E-state index in [4.69, 9.17) is 9.47 Å². The van der Waals surface area contributed by atoms with Crippen LogP contribution in [-0.2, 0) is 9.47 Å². The van der Waals surface area contributed by atoms with Crippen LogP contribution in [0.5, 0.6) is 0 Å². The van der Waals surface area contributed by atoms with E-state index >= 15 is 0 Å². The molecule has 2 saturated heterocycles. The second-order valence-electron chi connectivity index (χ2n) is 9.59. The molecule has 0 aromatic carbocycles. The van der Waals surface area contributed by atoms with Gasteiger partial charge in [-0.15, -0.1) is 0 Å². The van der Waals surface area contributed by atoms with Gasteiger partial charge >= 0.3 is 0 Å². The van der Waals surface area contributed by atoms with E-state index in [0.717, 1.165) is 12.4 Å². The molecule has 0 amide bonds. The van der Waals surface area contributed by atoms with Crippen molar-refractivity contribution in [3.05, 3.63) is 68.3 Å². The van der Waals surface area contributed by atoms with Gasteiger partial charge in [0.15, 0.2) is 0 Å². The lowest BCUT2D eigenvalue weighted by Gasteiger charge is -2.40. The number of hydrogen-bond acceptors (Lipinski definition) is 12. The van der Waals surface area contributed by atoms with Crippen LogP contribution in [0.15, 0.2) is 36.9 Å². The van der Waals surface area contributed by atoms with Crippen molar-refractivity contribution in [2.75, 3.05) is 0 Å². The average Bonchev–Trinajstić information content (AvgIpc) is 2.90. The van der Waals surface area contributed by atoms with Crippen molar-refractivity contribution in [2.24, 2.45) is 11.8 Å². The number of nitrogens with zero attached hydrogens (tertiary/aromatic N) is 4. The summed E-state index contributed by atoms with van der Waals surface area (Å²) in [6.45, 7) is 6.63. The smallest absolute Gasteiger partial charge is 0.293 e. The maximum absolute atomic E-state index is 11.0. The van der Waals surface area contributed by atoms with Gasteiger partial charge in [-0.05, 0) is 26.0 Å². The van der Waals surface area contributed by atoms with E-state index in [2.05, 4.69) is 9.97 Å². The zero-order chi connectivity index (χ0) is 28.3. The van der Waals surface area contributed by atoms with Crippen LogP contribution < -0.4 is 0 Å². The minimum Gasteiger partial charge on any atom is -0.390 e.